The summed E-state index contributed by atoms with van der Waals surface area (Å²) < 4.78 is 5.20. The number of hydrogen-bond donors (Lipinski definition) is 1. The summed E-state index contributed by atoms with van der Waals surface area (Å²) in [6, 6.07) is 0.250. The Hall–Kier alpha value is -0.770. The van der Waals surface area contributed by atoms with E-state index < -0.39 is 5.60 Å². The van der Waals surface area contributed by atoms with Crippen LogP contribution in [0.1, 0.15) is 34.1 Å². The first-order valence-corrected chi connectivity index (χ1v) is 5.62. The fourth-order valence-electron chi connectivity index (χ4n) is 1.71. The van der Waals surface area contributed by atoms with E-state index >= 15 is 0 Å². The number of carbonyl (C=O) groups is 1. The summed E-state index contributed by atoms with van der Waals surface area (Å²) in [5, 5.41) is 2.90. The summed E-state index contributed by atoms with van der Waals surface area (Å²) in [7, 11) is 0. The zero-order valence-electron chi connectivity index (χ0n) is 10.2. The topological polar surface area (TPSA) is 41.6 Å². The Morgan fingerprint density at radius 2 is 2.20 bits per heavy atom. The molecule has 15 heavy (non-hydrogen) atoms. The van der Waals surface area contributed by atoms with Gasteiger partial charge in [0.1, 0.15) is 5.60 Å². The van der Waals surface area contributed by atoms with Gasteiger partial charge in [0.2, 0.25) is 0 Å². The minimum Gasteiger partial charge on any atom is -0.444 e. The van der Waals surface area contributed by atoms with Crippen molar-refractivity contribution in [3.63, 3.8) is 0 Å². The summed E-state index contributed by atoms with van der Waals surface area (Å²) in [5.41, 5.74) is -0.410. The van der Waals surface area contributed by atoms with Gasteiger partial charge in [0.05, 0.1) is 0 Å². The van der Waals surface area contributed by atoms with Gasteiger partial charge in [0.25, 0.3) is 0 Å². The summed E-state index contributed by atoms with van der Waals surface area (Å²) in [6.07, 6.45) is 0.720. The third kappa shape index (κ3) is 4.51. The number of rotatable bonds is 2. The molecule has 0 bridgehead atoms. The molecule has 1 aliphatic heterocycles. The van der Waals surface area contributed by atoms with Crippen LogP contribution in [0.25, 0.3) is 0 Å². The molecule has 0 aliphatic carbocycles. The molecule has 4 heteroatoms. The third-order valence-electron chi connectivity index (χ3n) is 2.44. The predicted octanol–water partition coefficient (Wildman–Crippen LogP) is 1.61. The van der Waals surface area contributed by atoms with Crippen molar-refractivity contribution in [1.82, 2.24) is 10.2 Å². The highest BCUT2D eigenvalue weighted by molar-refractivity contribution is 5.68. The quantitative estimate of drug-likeness (QED) is 0.759. The van der Waals surface area contributed by atoms with Crippen LogP contribution in [0, 0.1) is 0 Å². The first-order chi connectivity index (χ1) is 6.90. The molecule has 1 heterocycles. The van der Waals surface area contributed by atoms with Crippen LogP contribution in [-0.4, -0.2) is 42.3 Å². The Morgan fingerprint density at radius 1 is 1.53 bits per heavy atom. The molecular formula is C11H22N2O2. The number of likely N-dealkylation sites (N-methyl/N-ethyl adjacent to an activating group) is 1. The van der Waals surface area contributed by atoms with Gasteiger partial charge in [-0.2, -0.15) is 0 Å². The van der Waals surface area contributed by atoms with Crippen LogP contribution in [0.5, 0.6) is 0 Å². The molecule has 0 saturated carbocycles. The predicted molar refractivity (Wildman–Crippen MR) is 59.9 cm³/mol. The van der Waals surface area contributed by atoms with E-state index in [1.165, 1.54) is 0 Å². The van der Waals surface area contributed by atoms with Crippen molar-refractivity contribution in [3.8, 4) is 0 Å². The maximum atomic E-state index is 11.5. The van der Waals surface area contributed by atoms with Crippen LogP contribution in [0.2, 0.25) is 0 Å². The van der Waals surface area contributed by atoms with Gasteiger partial charge >= 0.3 is 6.09 Å². The van der Waals surface area contributed by atoms with Crippen molar-refractivity contribution in [2.75, 3.05) is 19.6 Å². The van der Waals surface area contributed by atoms with E-state index in [9.17, 15) is 4.79 Å². The molecule has 1 atom stereocenters. The molecule has 88 valence electrons. The van der Waals surface area contributed by atoms with Crippen molar-refractivity contribution >= 4 is 6.09 Å². The number of nitrogens with one attached hydrogen (secondary N) is 1. The number of nitrogens with zero attached hydrogens (tertiary/aromatic N) is 1. The minimum absolute atomic E-state index is 0.250. The van der Waals surface area contributed by atoms with Crippen molar-refractivity contribution in [2.45, 2.75) is 45.8 Å². The summed E-state index contributed by atoms with van der Waals surface area (Å²) >= 11 is 0. The zero-order valence-corrected chi connectivity index (χ0v) is 10.2. The van der Waals surface area contributed by atoms with E-state index in [-0.39, 0.29) is 12.1 Å². The molecule has 0 aromatic carbocycles. The lowest BCUT2D eigenvalue weighted by molar-refractivity contribution is 0.0506. The molecule has 1 saturated heterocycles. The number of hydrogen-bond acceptors (Lipinski definition) is 3. The van der Waals surface area contributed by atoms with Crippen LogP contribution < -0.4 is 5.32 Å². The molecular weight excluding hydrogens is 192 g/mol. The zero-order chi connectivity index (χ0) is 11.5. The molecule has 0 aromatic rings. The van der Waals surface area contributed by atoms with Crippen molar-refractivity contribution < 1.29 is 9.53 Å². The van der Waals surface area contributed by atoms with E-state index in [2.05, 4.69) is 17.1 Å². The molecule has 1 unspecified atom stereocenters. The van der Waals surface area contributed by atoms with Gasteiger partial charge in [0.15, 0.2) is 0 Å². The molecule has 0 radical (unpaired) electrons. The molecule has 1 fully saturated rings. The fraction of sp³-hybridized carbons (Fsp3) is 0.909. The van der Waals surface area contributed by atoms with Gasteiger partial charge in [-0.05, 0) is 33.7 Å². The van der Waals surface area contributed by atoms with Crippen LogP contribution in [0.3, 0.4) is 0 Å². The smallest absolute Gasteiger partial charge is 0.407 e. The minimum atomic E-state index is -0.410. The lowest BCUT2D eigenvalue weighted by Gasteiger charge is -2.21. The molecule has 1 rings (SSSR count). The number of alkyl carbamates (subject to hydrolysis) is 1. The van der Waals surface area contributed by atoms with Gasteiger partial charge in [-0.15, -0.1) is 0 Å². The van der Waals surface area contributed by atoms with Crippen molar-refractivity contribution in [3.05, 3.63) is 0 Å². The van der Waals surface area contributed by atoms with E-state index in [4.69, 9.17) is 4.74 Å². The summed E-state index contributed by atoms with van der Waals surface area (Å²) in [4.78, 5) is 13.8. The third-order valence-corrected chi connectivity index (χ3v) is 2.44. The molecule has 1 aliphatic rings. The highest BCUT2D eigenvalue weighted by Gasteiger charge is 2.24. The molecule has 4 nitrogen and oxygen atoms in total. The average Bonchev–Trinajstić information content (AvgIpc) is 2.48. The molecule has 0 spiro atoms. The number of amides is 1. The lowest BCUT2D eigenvalue weighted by Crippen LogP contribution is -2.40. The fourth-order valence-corrected chi connectivity index (χ4v) is 1.71. The normalized spacial score (nSPS) is 22.8. The Kier molecular flexibility index (Phi) is 3.97. The largest absolute Gasteiger partial charge is 0.444 e. The molecule has 1 N–H and O–H groups in total. The standard InChI is InChI=1S/C11H22N2O2/c1-5-13-7-6-9(8-13)12-10(14)15-11(2,3)4/h9H,5-8H2,1-4H3,(H,12,14). The highest BCUT2D eigenvalue weighted by Crippen LogP contribution is 2.10. The SMILES string of the molecule is CCN1CCC(NC(=O)OC(C)(C)C)C1. The van der Waals surface area contributed by atoms with Crippen LogP contribution in [0.15, 0.2) is 0 Å². The van der Waals surface area contributed by atoms with Crippen LogP contribution in [-0.2, 0) is 4.74 Å². The van der Waals surface area contributed by atoms with Gasteiger partial charge in [-0.1, -0.05) is 6.92 Å². The number of carbonyl (C=O) groups excluding carboxylic acids is 1. The van der Waals surface area contributed by atoms with Gasteiger partial charge < -0.3 is 15.0 Å². The van der Waals surface area contributed by atoms with Crippen LogP contribution >= 0.6 is 0 Å². The second kappa shape index (κ2) is 4.84. The first kappa shape index (κ1) is 12.3. The molecule has 0 aromatic heterocycles. The number of ether oxygens (including phenoxy) is 1. The Labute approximate surface area is 92.0 Å². The van der Waals surface area contributed by atoms with Gasteiger partial charge in [-0.25, -0.2) is 4.79 Å². The number of likely N-dealkylation sites (tertiary alicyclic amines) is 1. The Morgan fingerprint density at radius 3 is 2.67 bits per heavy atom. The molecule has 1 amide bonds. The van der Waals surface area contributed by atoms with Gasteiger partial charge in [-0.3, -0.25) is 0 Å². The lowest BCUT2D eigenvalue weighted by atomic mass is 10.2. The first-order valence-electron chi connectivity index (χ1n) is 5.62. The second-order valence-corrected chi connectivity index (χ2v) is 5.03. The average molecular weight is 214 g/mol. The maximum absolute atomic E-state index is 11.5. The van der Waals surface area contributed by atoms with E-state index in [0.717, 1.165) is 26.1 Å². The summed E-state index contributed by atoms with van der Waals surface area (Å²) in [6.45, 7) is 10.8. The Bertz CT molecular complexity index is 223. The van der Waals surface area contributed by atoms with Crippen molar-refractivity contribution in [1.29, 1.82) is 0 Å². The Balaban J connectivity index is 2.28. The highest BCUT2D eigenvalue weighted by atomic mass is 16.6. The second-order valence-electron chi connectivity index (χ2n) is 5.03. The van der Waals surface area contributed by atoms with Gasteiger partial charge in [0, 0.05) is 19.1 Å². The van der Waals surface area contributed by atoms with E-state index in [0.29, 0.717) is 0 Å². The monoisotopic (exact) mass is 214 g/mol. The van der Waals surface area contributed by atoms with E-state index in [1.54, 1.807) is 0 Å². The van der Waals surface area contributed by atoms with Crippen molar-refractivity contribution in [2.24, 2.45) is 0 Å². The van der Waals surface area contributed by atoms with Crippen LogP contribution in [0.4, 0.5) is 4.79 Å². The van der Waals surface area contributed by atoms with E-state index in [1.807, 2.05) is 20.8 Å². The summed E-state index contributed by atoms with van der Waals surface area (Å²) in [5.74, 6) is 0. The maximum Gasteiger partial charge on any atom is 0.407 e.